The molecular weight excluding hydrogens is 490 g/mol. The maximum absolute atomic E-state index is 12.8. The van der Waals surface area contributed by atoms with Crippen LogP contribution in [-0.2, 0) is 19.1 Å². The number of esters is 1. The van der Waals surface area contributed by atoms with Crippen molar-refractivity contribution in [2.45, 2.75) is 38.5 Å². The van der Waals surface area contributed by atoms with Crippen molar-refractivity contribution in [2.75, 3.05) is 39.5 Å². The van der Waals surface area contributed by atoms with E-state index in [9.17, 15) is 19.2 Å². The molecule has 0 unspecified atom stereocenters. The van der Waals surface area contributed by atoms with Crippen molar-refractivity contribution >= 4 is 23.7 Å². The number of carbonyl (C=O) groups excluding carboxylic acids is 4. The van der Waals surface area contributed by atoms with Gasteiger partial charge < -0.3 is 30.2 Å². The van der Waals surface area contributed by atoms with E-state index in [2.05, 4.69) is 35.7 Å². The summed E-state index contributed by atoms with van der Waals surface area (Å²) in [5, 5.41) is 8.08. The number of benzene rings is 1. The molecule has 208 valence electrons. The molecule has 0 aliphatic carbocycles. The summed E-state index contributed by atoms with van der Waals surface area (Å²) >= 11 is 0. The average Bonchev–Trinajstić information content (AvgIpc) is 2.93. The van der Waals surface area contributed by atoms with E-state index in [4.69, 9.17) is 14.2 Å². The fourth-order valence-corrected chi connectivity index (χ4v) is 3.07. The SMILES string of the molecule is C=CC(=O)NCCCCOC(=O)c1cccc(OCCCCNC(=O)C=C)c1OCCCCNC(=O)C=C. The highest BCUT2D eigenvalue weighted by Crippen LogP contribution is 2.32. The Morgan fingerprint density at radius 2 is 1.13 bits per heavy atom. The lowest BCUT2D eigenvalue weighted by Gasteiger charge is -2.16. The summed E-state index contributed by atoms with van der Waals surface area (Å²) in [5.41, 5.74) is 0.251. The Morgan fingerprint density at radius 3 is 1.63 bits per heavy atom. The number of amides is 3. The maximum Gasteiger partial charge on any atom is 0.342 e. The lowest BCUT2D eigenvalue weighted by atomic mass is 10.2. The van der Waals surface area contributed by atoms with E-state index in [1.807, 2.05) is 0 Å². The van der Waals surface area contributed by atoms with Gasteiger partial charge in [0.2, 0.25) is 17.7 Å². The van der Waals surface area contributed by atoms with E-state index in [0.717, 1.165) is 0 Å². The van der Waals surface area contributed by atoms with Gasteiger partial charge in [-0.1, -0.05) is 25.8 Å². The second-order valence-electron chi connectivity index (χ2n) is 8.07. The third-order valence-electron chi connectivity index (χ3n) is 5.10. The third kappa shape index (κ3) is 13.9. The van der Waals surface area contributed by atoms with Crippen LogP contribution in [0.3, 0.4) is 0 Å². The van der Waals surface area contributed by atoms with E-state index in [-0.39, 0.29) is 29.9 Å². The van der Waals surface area contributed by atoms with Gasteiger partial charge in [0.05, 0.1) is 19.8 Å². The number of rotatable bonds is 21. The molecule has 3 N–H and O–H groups in total. The number of nitrogens with one attached hydrogen (secondary N) is 3. The molecule has 0 bridgehead atoms. The lowest BCUT2D eigenvalue weighted by molar-refractivity contribution is -0.117. The zero-order valence-electron chi connectivity index (χ0n) is 21.9. The van der Waals surface area contributed by atoms with Crippen LogP contribution in [0.15, 0.2) is 56.2 Å². The minimum Gasteiger partial charge on any atom is -0.490 e. The average molecular weight is 530 g/mol. The highest BCUT2D eigenvalue weighted by molar-refractivity contribution is 5.93. The fraction of sp³-hybridized carbons (Fsp3) is 0.429. The Kier molecular flexibility index (Phi) is 16.8. The van der Waals surface area contributed by atoms with Crippen LogP contribution in [0.5, 0.6) is 11.5 Å². The largest absolute Gasteiger partial charge is 0.490 e. The summed E-state index contributed by atoms with van der Waals surface area (Å²) in [6.07, 6.45) is 7.57. The molecule has 0 fully saturated rings. The Hall–Kier alpha value is -4.08. The summed E-state index contributed by atoms with van der Waals surface area (Å²) in [5.74, 6) is -0.524. The van der Waals surface area contributed by atoms with Crippen molar-refractivity contribution in [1.82, 2.24) is 16.0 Å². The van der Waals surface area contributed by atoms with Gasteiger partial charge in [-0.25, -0.2) is 4.79 Å². The molecule has 10 heteroatoms. The van der Waals surface area contributed by atoms with Gasteiger partial charge >= 0.3 is 5.97 Å². The second-order valence-corrected chi connectivity index (χ2v) is 8.07. The zero-order valence-corrected chi connectivity index (χ0v) is 21.9. The molecule has 0 aliphatic rings. The van der Waals surface area contributed by atoms with Crippen molar-refractivity contribution in [3.8, 4) is 11.5 Å². The molecule has 0 aliphatic heterocycles. The predicted octanol–water partition coefficient (Wildman–Crippen LogP) is 2.85. The van der Waals surface area contributed by atoms with Gasteiger partial charge in [-0.15, -0.1) is 0 Å². The normalized spacial score (nSPS) is 10.0. The van der Waals surface area contributed by atoms with Crippen LogP contribution in [0.1, 0.15) is 48.9 Å². The summed E-state index contributed by atoms with van der Waals surface area (Å²) in [6, 6.07) is 5.03. The Labute approximate surface area is 224 Å². The molecule has 0 spiro atoms. The number of para-hydroxylation sites is 1. The molecule has 0 saturated carbocycles. The smallest absolute Gasteiger partial charge is 0.342 e. The van der Waals surface area contributed by atoms with Gasteiger partial charge in [-0.05, 0) is 68.9 Å². The molecule has 0 heterocycles. The maximum atomic E-state index is 12.8. The summed E-state index contributed by atoms with van der Waals surface area (Å²) in [6.45, 7) is 12.5. The van der Waals surface area contributed by atoms with Crippen molar-refractivity contribution in [2.24, 2.45) is 0 Å². The van der Waals surface area contributed by atoms with Crippen LogP contribution in [0.25, 0.3) is 0 Å². The zero-order chi connectivity index (χ0) is 28.0. The van der Waals surface area contributed by atoms with Crippen molar-refractivity contribution < 1.29 is 33.4 Å². The van der Waals surface area contributed by atoms with Crippen LogP contribution < -0.4 is 25.4 Å². The van der Waals surface area contributed by atoms with Gasteiger partial charge in [0.25, 0.3) is 0 Å². The van der Waals surface area contributed by atoms with Crippen LogP contribution in [0, 0.1) is 0 Å². The molecule has 1 aromatic carbocycles. The van der Waals surface area contributed by atoms with Crippen LogP contribution in [0.2, 0.25) is 0 Å². The van der Waals surface area contributed by atoms with Gasteiger partial charge in [0.15, 0.2) is 11.5 Å². The Bertz CT molecular complexity index is 946. The number of hydrogen-bond donors (Lipinski definition) is 3. The highest BCUT2D eigenvalue weighted by atomic mass is 16.5. The van der Waals surface area contributed by atoms with E-state index in [1.165, 1.54) is 18.2 Å². The number of hydrogen-bond acceptors (Lipinski definition) is 7. The van der Waals surface area contributed by atoms with Gasteiger partial charge in [0, 0.05) is 19.6 Å². The van der Waals surface area contributed by atoms with E-state index in [0.29, 0.717) is 82.9 Å². The molecule has 0 aromatic heterocycles. The highest BCUT2D eigenvalue weighted by Gasteiger charge is 2.19. The number of carbonyl (C=O) groups is 4. The Morgan fingerprint density at radius 1 is 0.658 bits per heavy atom. The minimum atomic E-state index is -0.536. The molecule has 1 rings (SSSR count). The third-order valence-corrected chi connectivity index (χ3v) is 5.10. The lowest BCUT2D eigenvalue weighted by Crippen LogP contribution is -2.22. The van der Waals surface area contributed by atoms with Crippen LogP contribution in [0.4, 0.5) is 0 Å². The van der Waals surface area contributed by atoms with E-state index in [1.54, 1.807) is 18.2 Å². The fourth-order valence-electron chi connectivity index (χ4n) is 3.07. The quantitative estimate of drug-likeness (QED) is 0.127. The summed E-state index contributed by atoms with van der Waals surface area (Å²) in [7, 11) is 0. The topological polar surface area (TPSA) is 132 Å². The summed E-state index contributed by atoms with van der Waals surface area (Å²) in [4.78, 5) is 46.5. The predicted molar refractivity (Wildman–Crippen MR) is 145 cm³/mol. The first-order valence-corrected chi connectivity index (χ1v) is 12.7. The van der Waals surface area contributed by atoms with Crippen molar-refractivity contribution in [3.05, 3.63) is 61.7 Å². The van der Waals surface area contributed by atoms with Crippen LogP contribution >= 0.6 is 0 Å². The van der Waals surface area contributed by atoms with Gasteiger partial charge in [-0.2, -0.15) is 0 Å². The first kappa shape index (κ1) is 31.9. The Balaban J connectivity index is 2.68. The standard InChI is InChI=1S/C28H39N3O7/c1-4-24(32)29-16-7-10-19-36-23-15-13-14-22(27(23)37-20-11-8-17-30-25(33)5-2)28(35)38-21-12-9-18-31-26(34)6-3/h4-6,13-15H,1-3,7-12,16-21H2,(H,29,32)(H,30,33)(H,31,34). The monoisotopic (exact) mass is 529 g/mol. The van der Waals surface area contributed by atoms with E-state index < -0.39 is 5.97 Å². The van der Waals surface area contributed by atoms with Gasteiger partial charge in [0.1, 0.15) is 5.56 Å². The molecule has 0 radical (unpaired) electrons. The van der Waals surface area contributed by atoms with Crippen LogP contribution in [-0.4, -0.2) is 63.1 Å². The molecule has 38 heavy (non-hydrogen) atoms. The van der Waals surface area contributed by atoms with Crippen molar-refractivity contribution in [1.29, 1.82) is 0 Å². The summed E-state index contributed by atoms with van der Waals surface area (Å²) < 4.78 is 17.3. The molecule has 3 amide bonds. The molecule has 0 saturated heterocycles. The molecular formula is C28H39N3O7. The molecule has 0 atom stereocenters. The number of unbranched alkanes of at least 4 members (excludes halogenated alkanes) is 3. The number of ether oxygens (including phenoxy) is 3. The first-order chi connectivity index (χ1) is 18.4. The van der Waals surface area contributed by atoms with Crippen molar-refractivity contribution in [3.63, 3.8) is 0 Å². The second kappa shape index (κ2) is 20.0. The van der Waals surface area contributed by atoms with Gasteiger partial charge in [-0.3, -0.25) is 14.4 Å². The van der Waals surface area contributed by atoms with E-state index >= 15 is 0 Å². The molecule has 10 nitrogen and oxygen atoms in total. The minimum absolute atomic E-state index is 0.187. The molecule has 1 aromatic rings. The first-order valence-electron chi connectivity index (χ1n) is 12.7.